The summed E-state index contributed by atoms with van der Waals surface area (Å²) in [5, 5.41) is 21.1. The SMILES string of the molecule is CCC(CC)(CNC(=O)c1ccc(N)c(C(=N)c2ccc(OC3CCN(CCO)CC3)cc2)c1)c1ccccc1. The Balaban J connectivity index is 1.41. The number of piperidine rings is 1. The van der Waals surface area contributed by atoms with Crippen LogP contribution in [0.5, 0.6) is 5.75 Å². The molecule has 1 fully saturated rings. The number of aliphatic hydroxyl groups excluding tert-OH is 1. The first kappa shape index (κ1) is 29.3. The molecule has 0 atom stereocenters. The average molecular weight is 543 g/mol. The molecule has 0 saturated carbocycles. The van der Waals surface area contributed by atoms with E-state index in [9.17, 15) is 4.79 Å². The van der Waals surface area contributed by atoms with Crippen molar-refractivity contribution in [2.75, 3.05) is 38.5 Å². The molecule has 7 heteroatoms. The second-order valence-electron chi connectivity index (χ2n) is 10.6. The Kier molecular flexibility index (Phi) is 9.96. The molecule has 1 aliphatic rings. The topological polar surface area (TPSA) is 112 Å². The summed E-state index contributed by atoms with van der Waals surface area (Å²) in [4.78, 5) is 15.5. The van der Waals surface area contributed by atoms with Gasteiger partial charge < -0.3 is 25.8 Å². The van der Waals surface area contributed by atoms with Crippen molar-refractivity contribution in [2.24, 2.45) is 0 Å². The van der Waals surface area contributed by atoms with Gasteiger partial charge in [-0.05, 0) is 73.7 Å². The van der Waals surface area contributed by atoms with Gasteiger partial charge in [0.2, 0.25) is 0 Å². The number of hydrogen-bond donors (Lipinski definition) is 4. The molecule has 0 bridgehead atoms. The molecule has 1 amide bonds. The average Bonchev–Trinajstić information content (AvgIpc) is 3.00. The van der Waals surface area contributed by atoms with E-state index >= 15 is 0 Å². The fourth-order valence-corrected chi connectivity index (χ4v) is 5.51. The third-order valence-corrected chi connectivity index (χ3v) is 8.31. The van der Waals surface area contributed by atoms with Crippen LogP contribution in [0, 0.1) is 5.41 Å². The van der Waals surface area contributed by atoms with Gasteiger partial charge in [-0.15, -0.1) is 0 Å². The Hall–Kier alpha value is -3.68. The van der Waals surface area contributed by atoms with E-state index in [-0.39, 0.29) is 29.7 Å². The molecule has 0 unspecified atom stereocenters. The predicted molar refractivity (Wildman–Crippen MR) is 161 cm³/mol. The third kappa shape index (κ3) is 6.90. The highest BCUT2D eigenvalue weighted by molar-refractivity contribution is 6.14. The zero-order chi connectivity index (χ0) is 28.5. The molecule has 3 aromatic carbocycles. The quantitative estimate of drug-likeness (QED) is 0.190. The number of benzene rings is 3. The minimum atomic E-state index is -0.176. The van der Waals surface area contributed by atoms with E-state index in [4.69, 9.17) is 21.0 Å². The van der Waals surface area contributed by atoms with Gasteiger partial charge in [0.15, 0.2) is 0 Å². The zero-order valence-electron chi connectivity index (χ0n) is 23.7. The molecule has 1 aliphatic heterocycles. The highest BCUT2D eigenvalue weighted by Gasteiger charge is 2.29. The summed E-state index contributed by atoms with van der Waals surface area (Å²) in [6.45, 7) is 7.57. The molecule has 0 radical (unpaired) electrons. The Morgan fingerprint density at radius 2 is 1.68 bits per heavy atom. The lowest BCUT2D eigenvalue weighted by Gasteiger charge is -2.32. The van der Waals surface area contributed by atoms with E-state index in [1.54, 1.807) is 18.2 Å². The van der Waals surface area contributed by atoms with Gasteiger partial charge in [0.1, 0.15) is 11.9 Å². The molecular weight excluding hydrogens is 500 g/mol. The first-order valence-electron chi connectivity index (χ1n) is 14.3. The highest BCUT2D eigenvalue weighted by Crippen LogP contribution is 2.31. The van der Waals surface area contributed by atoms with Gasteiger partial charge in [0.05, 0.1) is 12.3 Å². The normalized spacial score (nSPS) is 14.6. The second kappa shape index (κ2) is 13.6. The smallest absolute Gasteiger partial charge is 0.251 e. The number of carbonyl (C=O) groups is 1. The Morgan fingerprint density at radius 3 is 2.30 bits per heavy atom. The summed E-state index contributed by atoms with van der Waals surface area (Å²) in [5.74, 6) is 0.594. The molecule has 3 aromatic rings. The van der Waals surface area contributed by atoms with Crippen molar-refractivity contribution < 1.29 is 14.6 Å². The van der Waals surface area contributed by atoms with Crippen molar-refractivity contribution in [1.29, 1.82) is 5.41 Å². The van der Waals surface area contributed by atoms with E-state index in [1.807, 2.05) is 42.5 Å². The van der Waals surface area contributed by atoms with Crippen LogP contribution in [0.15, 0.2) is 72.8 Å². The highest BCUT2D eigenvalue weighted by atomic mass is 16.5. The maximum absolute atomic E-state index is 13.2. The fraction of sp³-hybridized carbons (Fsp3) is 0.394. The molecule has 0 aliphatic carbocycles. The first-order valence-corrected chi connectivity index (χ1v) is 14.3. The van der Waals surface area contributed by atoms with Gasteiger partial charge in [-0.25, -0.2) is 0 Å². The number of rotatable bonds is 12. The molecule has 0 spiro atoms. The second-order valence-corrected chi connectivity index (χ2v) is 10.6. The van der Waals surface area contributed by atoms with Crippen molar-refractivity contribution in [2.45, 2.75) is 51.0 Å². The number of nitrogens with zero attached hydrogens (tertiary/aromatic N) is 1. The van der Waals surface area contributed by atoms with Crippen LogP contribution in [0.3, 0.4) is 0 Å². The summed E-state index contributed by atoms with van der Waals surface area (Å²) in [6.07, 6.45) is 3.81. The van der Waals surface area contributed by atoms with Gasteiger partial charge in [0.25, 0.3) is 5.91 Å². The van der Waals surface area contributed by atoms with Crippen LogP contribution in [-0.4, -0.2) is 60.5 Å². The number of nitrogen functional groups attached to an aromatic ring is 1. The molecule has 40 heavy (non-hydrogen) atoms. The number of ether oxygens (including phenoxy) is 1. The number of carbonyl (C=O) groups excluding carboxylic acids is 1. The van der Waals surface area contributed by atoms with Crippen molar-refractivity contribution in [3.8, 4) is 5.75 Å². The van der Waals surface area contributed by atoms with Crippen LogP contribution in [0.4, 0.5) is 5.69 Å². The fourth-order valence-electron chi connectivity index (χ4n) is 5.51. The largest absolute Gasteiger partial charge is 0.490 e. The molecule has 212 valence electrons. The van der Waals surface area contributed by atoms with E-state index in [1.165, 1.54) is 5.56 Å². The van der Waals surface area contributed by atoms with E-state index in [0.717, 1.165) is 44.5 Å². The predicted octanol–water partition coefficient (Wildman–Crippen LogP) is 5.01. The first-order chi connectivity index (χ1) is 19.4. The lowest BCUT2D eigenvalue weighted by molar-refractivity contribution is 0.0889. The van der Waals surface area contributed by atoms with Crippen LogP contribution in [0.25, 0.3) is 0 Å². The Bertz CT molecular complexity index is 1260. The number of nitrogens with two attached hydrogens (primary N) is 1. The molecule has 1 saturated heterocycles. The number of aliphatic hydroxyl groups is 1. The number of nitrogens with one attached hydrogen (secondary N) is 2. The third-order valence-electron chi connectivity index (χ3n) is 8.31. The van der Waals surface area contributed by atoms with Gasteiger partial charge >= 0.3 is 0 Å². The van der Waals surface area contributed by atoms with Crippen LogP contribution < -0.4 is 15.8 Å². The van der Waals surface area contributed by atoms with Crippen molar-refractivity contribution in [3.63, 3.8) is 0 Å². The summed E-state index contributed by atoms with van der Waals surface area (Å²) in [7, 11) is 0. The van der Waals surface area contributed by atoms with Crippen molar-refractivity contribution in [1.82, 2.24) is 10.2 Å². The molecule has 4 rings (SSSR count). The van der Waals surface area contributed by atoms with Crippen LogP contribution in [-0.2, 0) is 5.41 Å². The van der Waals surface area contributed by atoms with Crippen LogP contribution in [0.1, 0.15) is 66.6 Å². The number of likely N-dealkylation sites (tertiary alicyclic amines) is 1. The molecule has 0 aromatic heterocycles. The maximum atomic E-state index is 13.2. The van der Waals surface area contributed by atoms with Gasteiger partial charge in [-0.3, -0.25) is 10.2 Å². The minimum absolute atomic E-state index is 0.138. The van der Waals surface area contributed by atoms with Gasteiger partial charge in [-0.1, -0.05) is 44.2 Å². The van der Waals surface area contributed by atoms with E-state index in [2.05, 4.69) is 36.2 Å². The standard InChI is InChI=1S/C33H42N4O3/c1-3-33(4-2,26-8-6-5-7-9-26)23-36-32(39)25-12-15-30(34)29(22-25)31(35)24-10-13-27(14-11-24)40-28-16-18-37(19-17-28)20-21-38/h5-15,22,28,35,38H,3-4,16-21,23,34H2,1-2H3,(H,36,39). The van der Waals surface area contributed by atoms with Gasteiger partial charge in [0, 0.05) is 54.0 Å². The molecule has 7 nitrogen and oxygen atoms in total. The minimum Gasteiger partial charge on any atom is -0.490 e. The van der Waals surface area contributed by atoms with Crippen molar-refractivity contribution >= 4 is 17.3 Å². The number of anilines is 1. The Labute approximate surface area is 237 Å². The van der Waals surface area contributed by atoms with Crippen LogP contribution in [0.2, 0.25) is 0 Å². The lowest BCUT2D eigenvalue weighted by atomic mass is 9.76. The number of β-amino-alcohol motifs (C(OH)–C–C–N with tert-alkyl or cyclic N) is 1. The summed E-state index contributed by atoms with van der Waals surface area (Å²) >= 11 is 0. The number of hydrogen-bond acceptors (Lipinski definition) is 6. The molecular formula is C33H42N4O3. The van der Waals surface area contributed by atoms with E-state index < -0.39 is 0 Å². The maximum Gasteiger partial charge on any atom is 0.251 e. The summed E-state index contributed by atoms with van der Waals surface area (Å²) in [5.41, 5.74) is 9.77. The monoisotopic (exact) mass is 542 g/mol. The Morgan fingerprint density at radius 1 is 1.02 bits per heavy atom. The lowest BCUT2D eigenvalue weighted by Crippen LogP contribution is -2.40. The van der Waals surface area contributed by atoms with Gasteiger partial charge in [-0.2, -0.15) is 0 Å². The van der Waals surface area contributed by atoms with Crippen LogP contribution >= 0.6 is 0 Å². The van der Waals surface area contributed by atoms with E-state index in [0.29, 0.717) is 35.5 Å². The summed E-state index contributed by atoms with van der Waals surface area (Å²) in [6, 6.07) is 22.9. The molecule has 1 heterocycles. The zero-order valence-corrected chi connectivity index (χ0v) is 23.7. The number of amides is 1. The van der Waals surface area contributed by atoms with Crippen molar-refractivity contribution in [3.05, 3.63) is 95.1 Å². The molecule has 5 N–H and O–H groups in total. The summed E-state index contributed by atoms with van der Waals surface area (Å²) < 4.78 is 6.16.